The number of rotatable bonds is 5. The van der Waals surface area contributed by atoms with Crippen LogP contribution in [0.15, 0.2) is 18.2 Å². The maximum atomic E-state index is 12.1. The fraction of sp³-hybridized carbons (Fsp3) is 0.500. The van der Waals surface area contributed by atoms with Crippen molar-refractivity contribution in [3.05, 3.63) is 39.4 Å². The zero-order chi connectivity index (χ0) is 15.4. The van der Waals surface area contributed by atoms with Gasteiger partial charge in [0.2, 0.25) is 5.91 Å². The summed E-state index contributed by atoms with van der Waals surface area (Å²) in [5, 5.41) is 17.0. The molecule has 22 heavy (non-hydrogen) atoms. The van der Waals surface area contributed by atoms with E-state index in [0.717, 1.165) is 0 Å². The van der Waals surface area contributed by atoms with Crippen LogP contribution in [0.2, 0.25) is 0 Å². The summed E-state index contributed by atoms with van der Waals surface area (Å²) in [6, 6.07) is 4.71. The lowest BCUT2D eigenvalue weighted by Crippen LogP contribution is -2.44. The van der Waals surface area contributed by atoms with Crippen LogP contribution in [0.4, 0.5) is 5.69 Å². The molecule has 1 aliphatic rings. The standard InChI is InChI=1S/C14H19N3O4.ClH/c1-9-10(4-3-5-12(9)17(19)20)6-14(18)16-11-7-15-8-13(11)21-2;/h3-5,11,13,15H,6-8H2,1-2H3,(H,16,18);1H. The largest absolute Gasteiger partial charge is 0.378 e. The number of hydrogen-bond acceptors (Lipinski definition) is 5. The fourth-order valence-corrected chi connectivity index (χ4v) is 2.54. The van der Waals surface area contributed by atoms with Crippen molar-refractivity contribution in [2.45, 2.75) is 25.5 Å². The van der Waals surface area contributed by atoms with Gasteiger partial charge in [0.1, 0.15) is 0 Å². The molecule has 0 radical (unpaired) electrons. The van der Waals surface area contributed by atoms with E-state index in [0.29, 0.717) is 24.2 Å². The molecule has 1 saturated heterocycles. The highest BCUT2D eigenvalue weighted by Crippen LogP contribution is 2.21. The minimum Gasteiger partial charge on any atom is -0.378 e. The Bertz CT molecular complexity index is 553. The molecule has 8 heteroatoms. The minimum atomic E-state index is -0.432. The normalized spacial score (nSPS) is 20.3. The van der Waals surface area contributed by atoms with Gasteiger partial charge in [-0.2, -0.15) is 0 Å². The molecule has 1 fully saturated rings. The molecular weight excluding hydrogens is 310 g/mol. The first-order valence-electron chi connectivity index (χ1n) is 6.78. The number of nitrogens with zero attached hydrogens (tertiary/aromatic N) is 1. The predicted octanol–water partition coefficient (Wildman–Crippen LogP) is 0.971. The molecule has 1 aliphatic heterocycles. The van der Waals surface area contributed by atoms with E-state index in [4.69, 9.17) is 4.74 Å². The van der Waals surface area contributed by atoms with Crippen LogP contribution in [0.25, 0.3) is 0 Å². The molecular formula is C14H20ClN3O4. The topological polar surface area (TPSA) is 93.5 Å². The monoisotopic (exact) mass is 329 g/mol. The second-order valence-corrected chi connectivity index (χ2v) is 5.10. The van der Waals surface area contributed by atoms with Crippen molar-refractivity contribution in [1.29, 1.82) is 0 Å². The van der Waals surface area contributed by atoms with Gasteiger partial charge in [-0.15, -0.1) is 12.4 Å². The number of halogens is 1. The molecule has 1 amide bonds. The molecule has 7 nitrogen and oxygen atoms in total. The van der Waals surface area contributed by atoms with Crippen LogP contribution < -0.4 is 10.6 Å². The van der Waals surface area contributed by atoms with Crippen molar-refractivity contribution >= 4 is 24.0 Å². The summed E-state index contributed by atoms with van der Waals surface area (Å²) in [5.41, 5.74) is 1.24. The number of nitro groups is 1. The first-order chi connectivity index (χ1) is 10.0. The Morgan fingerprint density at radius 2 is 2.23 bits per heavy atom. The molecule has 2 atom stereocenters. The van der Waals surface area contributed by atoms with Crippen LogP contribution in [0.5, 0.6) is 0 Å². The van der Waals surface area contributed by atoms with Gasteiger partial charge >= 0.3 is 0 Å². The third kappa shape index (κ3) is 4.16. The molecule has 0 aliphatic carbocycles. The number of carbonyl (C=O) groups excluding carboxylic acids is 1. The highest BCUT2D eigenvalue weighted by Gasteiger charge is 2.28. The van der Waals surface area contributed by atoms with Crippen molar-refractivity contribution in [1.82, 2.24) is 10.6 Å². The van der Waals surface area contributed by atoms with Gasteiger partial charge in [-0.25, -0.2) is 0 Å². The molecule has 0 bridgehead atoms. The quantitative estimate of drug-likeness (QED) is 0.620. The van der Waals surface area contributed by atoms with Crippen LogP contribution in [0, 0.1) is 17.0 Å². The second-order valence-electron chi connectivity index (χ2n) is 5.10. The Balaban J connectivity index is 0.00000242. The highest BCUT2D eigenvalue weighted by molar-refractivity contribution is 5.85. The van der Waals surface area contributed by atoms with Crippen LogP contribution in [-0.2, 0) is 16.0 Å². The van der Waals surface area contributed by atoms with Crippen LogP contribution >= 0.6 is 12.4 Å². The van der Waals surface area contributed by atoms with E-state index in [1.54, 1.807) is 26.2 Å². The predicted molar refractivity (Wildman–Crippen MR) is 84.4 cm³/mol. The first kappa shape index (κ1) is 18.3. The maximum absolute atomic E-state index is 12.1. The summed E-state index contributed by atoms with van der Waals surface area (Å²) in [4.78, 5) is 22.6. The number of carbonyl (C=O) groups is 1. The Labute approximate surface area is 135 Å². The molecule has 2 N–H and O–H groups in total. The zero-order valence-electron chi connectivity index (χ0n) is 12.5. The van der Waals surface area contributed by atoms with E-state index in [-0.39, 0.29) is 42.6 Å². The van der Waals surface area contributed by atoms with Gasteiger partial charge in [0.15, 0.2) is 0 Å². The summed E-state index contributed by atoms with van der Waals surface area (Å²) in [5.74, 6) is -0.158. The third-order valence-electron chi connectivity index (χ3n) is 3.77. The van der Waals surface area contributed by atoms with Gasteiger partial charge in [0.25, 0.3) is 5.69 Å². The molecule has 2 rings (SSSR count). The van der Waals surface area contributed by atoms with Crippen molar-refractivity contribution in [2.24, 2.45) is 0 Å². The summed E-state index contributed by atoms with van der Waals surface area (Å²) < 4.78 is 5.28. The molecule has 0 aromatic heterocycles. The second kappa shape index (κ2) is 8.07. The van der Waals surface area contributed by atoms with Crippen LogP contribution in [-0.4, -0.2) is 43.2 Å². The van der Waals surface area contributed by atoms with Gasteiger partial charge in [-0.05, 0) is 12.5 Å². The Kier molecular flexibility index (Phi) is 6.73. The number of ether oxygens (including phenoxy) is 1. The Morgan fingerprint density at radius 1 is 1.50 bits per heavy atom. The lowest BCUT2D eigenvalue weighted by Gasteiger charge is -2.18. The van der Waals surface area contributed by atoms with Gasteiger partial charge < -0.3 is 15.4 Å². The smallest absolute Gasteiger partial charge is 0.272 e. The zero-order valence-corrected chi connectivity index (χ0v) is 13.3. The van der Waals surface area contributed by atoms with Gasteiger partial charge in [-0.1, -0.05) is 12.1 Å². The number of benzene rings is 1. The fourth-order valence-electron chi connectivity index (χ4n) is 2.54. The Hall–Kier alpha value is -1.70. The molecule has 1 aromatic rings. The lowest BCUT2D eigenvalue weighted by atomic mass is 10.0. The van der Waals surface area contributed by atoms with E-state index in [1.165, 1.54) is 6.07 Å². The number of hydrogen-bond donors (Lipinski definition) is 2. The number of methoxy groups -OCH3 is 1. The first-order valence-corrected chi connectivity index (χ1v) is 6.78. The minimum absolute atomic E-state index is 0. The summed E-state index contributed by atoms with van der Waals surface area (Å²) >= 11 is 0. The van der Waals surface area contributed by atoms with E-state index in [1.807, 2.05) is 0 Å². The summed E-state index contributed by atoms with van der Waals surface area (Å²) in [6.45, 7) is 3.03. The van der Waals surface area contributed by atoms with E-state index in [2.05, 4.69) is 10.6 Å². The van der Waals surface area contributed by atoms with Gasteiger partial charge in [0, 0.05) is 31.8 Å². The van der Waals surface area contributed by atoms with Gasteiger partial charge in [-0.3, -0.25) is 14.9 Å². The van der Waals surface area contributed by atoms with E-state index in [9.17, 15) is 14.9 Å². The summed E-state index contributed by atoms with van der Waals surface area (Å²) in [6.07, 6.45) is 0.0839. The third-order valence-corrected chi connectivity index (χ3v) is 3.77. The highest BCUT2D eigenvalue weighted by atomic mass is 35.5. The van der Waals surface area contributed by atoms with E-state index < -0.39 is 4.92 Å². The molecule has 122 valence electrons. The van der Waals surface area contributed by atoms with Gasteiger partial charge in [0.05, 0.1) is 23.5 Å². The average Bonchev–Trinajstić information content (AvgIpc) is 2.87. The molecule has 2 unspecified atom stereocenters. The van der Waals surface area contributed by atoms with Crippen molar-refractivity contribution < 1.29 is 14.5 Å². The molecule has 1 heterocycles. The number of amides is 1. The molecule has 0 saturated carbocycles. The SMILES string of the molecule is COC1CNCC1NC(=O)Cc1cccc([N+](=O)[O-])c1C.Cl. The maximum Gasteiger partial charge on any atom is 0.272 e. The number of nitro benzene ring substituents is 1. The van der Waals surface area contributed by atoms with Crippen molar-refractivity contribution in [2.75, 3.05) is 20.2 Å². The van der Waals surface area contributed by atoms with Crippen LogP contribution in [0.3, 0.4) is 0 Å². The number of nitrogens with one attached hydrogen (secondary N) is 2. The molecule has 0 spiro atoms. The Morgan fingerprint density at radius 3 is 2.86 bits per heavy atom. The van der Waals surface area contributed by atoms with E-state index >= 15 is 0 Å². The average molecular weight is 330 g/mol. The lowest BCUT2D eigenvalue weighted by molar-refractivity contribution is -0.385. The van der Waals surface area contributed by atoms with Crippen molar-refractivity contribution in [3.63, 3.8) is 0 Å². The molecule has 1 aromatic carbocycles. The van der Waals surface area contributed by atoms with Crippen LogP contribution in [0.1, 0.15) is 11.1 Å². The summed E-state index contributed by atoms with van der Waals surface area (Å²) in [7, 11) is 1.61. The van der Waals surface area contributed by atoms with Crippen molar-refractivity contribution in [3.8, 4) is 0 Å².